The third-order valence-electron chi connectivity index (χ3n) is 10.7. The number of nitrogens with zero attached hydrogens (tertiary/aromatic N) is 3. The molecule has 4 amide bonds. The Balaban J connectivity index is 1.74. The average Bonchev–Trinajstić information content (AvgIpc) is 3.51. The summed E-state index contributed by atoms with van der Waals surface area (Å²) in [6.45, 7) is 19.6. The molecule has 2 N–H and O–H groups in total. The van der Waals surface area contributed by atoms with E-state index in [1.165, 1.54) is 19.3 Å². The van der Waals surface area contributed by atoms with Gasteiger partial charge in [0.25, 0.3) is 0 Å². The number of carbonyl (C=O) groups excluding carboxylic acids is 4. The van der Waals surface area contributed by atoms with Gasteiger partial charge in [-0.05, 0) is 90.0 Å². The smallest absolute Gasteiger partial charge is 0.249 e. The maximum Gasteiger partial charge on any atom is 0.249 e. The van der Waals surface area contributed by atoms with Crippen molar-refractivity contribution in [3.63, 3.8) is 0 Å². The van der Waals surface area contributed by atoms with Crippen LogP contribution in [0.3, 0.4) is 0 Å². The van der Waals surface area contributed by atoms with Crippen LogP contribution in [0.2, 0.25) is 0 Å². The van der Waals surface area contributed by atoms with Crippen molar-refractivity contribution in [3.8, 4) is 0 Å². The molecule has 3 aliphatic rings. The molecule has 0 aromatic heterocycles. The fourth-order valence-corrected chi connectivity index (χ4v) is 7.75. The van der Waals surface area contributed by atoms with Gasteiger partial charge in [0.05, 0.1) is 12.1 Å². The third kappa shape index (κ3) is 9.57. The predicted octanol–water partition coefficient (Wildman–Crippen LogP) is 5.29. The van der Waals surface area contributed by atoms with Gasteiger partial charge in [-0.3, -0.25) is 24.1 Å². The molecular weight excluding hydrogens is 578 g/mol. The van der Waals surface area contributed by atoms with Gasteiger partial charge in [-0.25, -0.2) is 0 Å². The van der Waals surface area contributed by atoms with Crippen molar-refractivity contribution in [1.82, 2.24) is 25.3 Å². The minimum absolute atomic E-state index is 0.0248. The largest absolute Gasteiger partial charge is 0.352 e. The van der Waals surface area contributed by atoms with Crippen molar-refractivity contribution in [2.75, 3.05) is 20.1 Å². The molecule has 0 radical (unpaired) electrons. The zero-order valence-corrected chi connectivity index (χ0v) is 30.7. The maximum absolute atomic E-state index is 14.2. The summed E-state index contributed by atoms with van der Waals surface area (Å²) >= 11 is 0. The van der Waals surface area contributed by atoms with Crippen LogP contribution < -0.4 is 10.6 Å². The van der Waals surface area contributed by atoms with Crippen LogP contribution in [-0.2, 0) is 19.2 Å². The summed E-state index contributed by atoms with van der Waals surface area (Å²) in [5, 5.41) is 6.39. The van der Waals surface area contributed by atoms with E-state index in [1.807, 2.05) is 40.7 Å². The lowest BCUT2D eigenvalue weighted by Gasteiger charge is -2.41. The highest BCUT2D eigenvalue weighted by molar-refractivity contribution is 5.97. The quantitative estimate of drug-likeness (QED) is 0.298. The van der Waals surface area contributed by atoms with Crippen molar-refractivity contribution < 1.29 is 19.2 Å². The van der Waals surface area contributed by atoms with Crippen LogP contribution in [0.4, 0.5) is 0 Å². The molecular formula is C37H65N5O4. The Morgan fingerprint density at radius 2 is 1.37 bits per heavy atom. The zero-order chi connectivity index (χ0) is 34.3. The first-order chi connectivity index (χ1) is 21.5. The van der Waals surface area contributed by atoms with Gasteiger partial charge >= 0.3 is 0 Å². The third-order valence-corrected chi connectivity index (χ3v) is 10.7. The highest BCUT2D eigenvalue weighted by atomic mass is 16.2. The molecule has 1 saturated carbocycles. The Hall–Kier alpha value is -2.42. The first kappa shape index (κ1) is 38.0. The molecule has 3 rings (SSSR count). The Bertz CT molecular complexity index is 1090. The molecule has 9 heteroatoms. The molecule has 1 unspecified atom stereocenters. The molecule has 0 aromatic rings. The van der Waals surface area contributed by atoms with E-state index >= 15 is 0 Å². The summed E-state index contributed by atoms with van der Waals surface area (Å²) in [5.41, 5.74) is 0.0174. The van der Waals surface area contributed by atoms with Crippen LogP contribution in [0.25, 0.3) is 0 Å². The zero-order valence-electron chi connectivity index (χ0n) is 30.7. The minimum atomic E-state index is -0.718. The lowest BCUT2D eigenvalue weighted by atomic mass is 9.84. The van der Waals surface area contributed by atoms with Gasteiger partial charge in [0.15, 0.2) is 0 Å². The molecule has 5 atom stereocenters. The molecule has 0 spiro atoms. The van der Waals surface area contributed by atoms with Crippen molar-refractivity contribution in [3.05, 3.63) is 11.6 Å². The summed E-state index contributed by atoms with van der Waals surface area (Å²) in [6.07, 6.45) is 12.2. The lowest BCUT2D eigenvalue weighted by molar-refractivity contribution is -0.142. The van der Waals surface area contributed by atoms with Crippen molar-refractivity contribution >= 4 is 23.6 Å². The minimum Gasteiger partial charge on any atom is -0.352 e. The first-order valence-electron chi connectivity index (χ1n) is 18.2. The summed E-state index contributed by atoms with van der Waals surface area (Å²) in [6, 6.07) is -1.43. The maximum atomic E-state index is 14.2. The number of carbonyl (C=O) groups is 4. The van der Waals surface area contributed by atoms with E-state index in [1.54, 1.807) is 23.8 Å². The Morgan fingerprint density at radius 3 is 1.96 bits per heavy atom. The Kier molecular flexibility index (Phi) is 13.7. The second-order valence-electron chi connectivity index (χ2n) is 16.0. The topological polar surface area (TPSA) is 102 Å². The monoisotopic (exact) mass is 644 g/mol. The second kappa shape index (κ2) is 16.6. The number of nitrogens with one attached hydrogen (secondary N) is 2. The lowest BCUT2D eigenvalue weighted by Crippen LogP contribution is -2.60. The van der Waals surface area contributed by atoms with Gasteiger partial charge in [0.2, 0.25) is 23.6 Å². The molecule has 2 saturated heterocycles. The fraction of sp³-hybridized carbons (Fsp3) is 0.838. The van der Waals surface area contributed by atoms with Gasteiger partial charge in [0.1, 0.15) is 12.1 Å². The van der Waals surface area contributed by atoms with E-state index in [2.05, 4.69) is 36.3 Å². The first-order valence-corrected chi connectivity index (χ1v) is 18.2. The van der Waals surface area contributed by atoms with Gasteiger partial charge < -0.3 is 20.4 Å². The van der Waals surface area contributed by atoms with Crippen molar-refractivity contribution in [2.24, 2.45) is 17.3 Å². The van der Waals surface area contributed by atoms with Crippen LogP contribution in [0.5, 0.6) is 0 Å². The fourth-order valence-electron chi connectivity index (χ4n) is 7.75. The molecule has 46 heavy (non-hydrogen) atoms. The van der Waals surface area contributed by atoms with Gasteiger partial charge in [-0.15, -0.1) is 0 Å². The summed E-state index contributed by atoms with van der Waals surface area (Å²) in [5.74, 6) is 0.0656. The standard InChI is InChI=1S/C37H65N5O4/c1-24(2)31(40(10)36(46)32(37(7,8)9)39-34(44)29-19-14-15-21-41(29)25(3)4)23-26(5)35(45)42-22-16-20-30(42)33(43)38-27(6)28-17-12-11-13-18-28/h23-25,27-32H,11-22H2,1-10H3,(H,38,43)(H,39,44)/b26-23+/t27-,29?,30+,31-,32-/m1/s1. The molecule has 3 fully saturated rings. The highest BCUT2D eigenvalue weighted by Gasteiger charge is 2.41. The van der Waals surface area contributed by atoms with E-state index in [-0.39, 0.29) is 53.7 Å². The number of rotatable bonds is 11. The number of likely N-dealkylation sites (N-methyl/N-ethyl adjacent to an activating group) is 1. The van der Waals surface area contributed by atoms with Crippen LogP contribution in [0, 0.1) is 17.3 Å². The molecule has 0 aromatic carbocycles. The summed E-state index contributed by atoms with van der Waals surface area (Å²) < 4.78 is 0. The molecule has 2 aliphatic heterocycles. The van der Waals surface area contributed by atoms with Gasteiger partial charge in [-0.1, -0.05) is 66.4 Å². The van der Waals surface area contributed by atoms with Crippen molar-refractivity contribution in [2.45, 2.75) is 163 Å². The van der Waals surface area contributed by atoms with E-state index in [0.717, 1.165) is 45.1 Å². The number of hydrogen-bond acceptors (Lipinski definition) is 5. The van der Waals surface area contributed by atoms with E-state index in [0.29, 0.717) is 24.5 Å². The van der Waals surface area contributed by atoms with Gasteiger partial charge in [-0.2, -0.15) is 0 Å². The number of amides is 4. The average molecular weight is 644 g/mol. The number of likely N-dealkylation sites (tertiary alicyclic amines) is 2. The molecule has 9 nitrogen and oxygen atoms in total. The van der Waals surface area contributed by atoms with Crippen LogP contribution in [0.15, 0.2) is 11.6 Å². The second-order valence-corrected chi connectivity index (χ2v) is 16.0. The number of piperidine rings is 1. The summed E-state index contributed by atoms with van der Waals surface area (Å²) in [4.78, 5) is 60.7. The van der Waals surface area contributed by atoms with E-state index < -0.39 is 17.5 Å². The molecule has 2 heterocycles. The van der Waals surface area contributed by atoms with Gasteiger partial charge in [0, 0.05) is 31.2 Å². The van der Waals surface area contributed by atoms with E-state index in [9.17, 15) is 19.2 Å². The van der Waals surface area contributed by atoms with Crippen molar-refractivity contribution in [1.29, 1.82) is 0 Å². The van der Waals surface area contributed by atoms with Crippen LogP contribution in [0.1, 0.15) is 127 Å². The molecule has 262 valence electrons. The normalized spacial score (nSPS) is 24.1. The van der Waals surface area contributed by atoms with E-state index in [4.69, 9.17) is 0 Å². The summed E-state index contributed by atoms with van der Waals surface area (Å²) in [7, 11) is 1.77. The molecule has 1 aliphatic carbocycles. The highest BCUT2D eigenvalue weighted by Crippen LogP contribution is 2.29. The Morgan fingerprint density at radius 1 is 0.783 bits per heavy atom. The SMILES string of the molecule is C/C(=C\[C@H](C(C)C)N(C)C(=O)[C@@H](NC(=O)C1CCCCN1C(C)C)C(C)(C)C)C(=O)N1CCC[C@H]1C(=O)N[C@H](C)C1CCCCC1. The van der Waals surface area contributed by atoms with Crippen LogP contribution in [-0.4, -0.2) is 94.7 Å². The van der Waals surface area contributed by atoms with Crippen LogP contribution >= 0.6 is 0 Å². The Labute approximate surface area is 279 Å². The molecule has 0 bridgehead atoms. The number of hydrogen-bond donors (Lipinski definition) is 2. The predicted molar refractivity (Wildman–Crippen MR) is 185 cm³/mol.